The van der Waals surface area contributed by atoms with E-state index < -0.39 is 0 Å². The summed E-state index contributed by atoms with van der Waals surface area (Å²) in [6.45, 7) is 4.41. The summed E-state index contributed by atoms with van der Waals surface area (Å²) in [5, 5.41) is 8.36. The van der Waals surface area contributed by atoms with Crippen LogP contribution in [0.1, 0.15) is 53.8 Å². The molecule has 0 unspecified atom stereocenters. The Morgan fingerprint density at radius 2 is 1.67 bits per heavy atom. The van der Waals surface area contributed by atoms with Crippen LogP contribution in [0.5, 0.6) is 0 Å². The van der Waals surface area contributed by atoms with E-state index >= 15 is 0 Å². The van der Waals surface area contributed by atoms with Crippen LogP contribution in [-0.2, 0) is 4.79 Å². The summed E-state index contributed by atoms with van der Waals surface area (Å²) in [5.74, 6) is -0.693. The summed E-state index contributed by atoms with van der Waals surface area (Å²) >= 11 is 0. The summed E-state index contributed by atoms with van der Waals surface area (Å²) in [7, 11) is 0. The van der Waals surface area contributed by atoms with E-state index in [0.29, 0.717) is 35.5 Å². The Balaban J connectivity index is 2.13. The number of hydrogen-bond donors (Lipinski definition) is 3. The number of benzene rings is 2. The molecule has 2 aromatic rings. The first-order valence-electron chi connectivity index (χ1n) is 9.13. The second-order valence-corrected chi connectivity index (χ2v) is 6.09. The van der Waals surface area contributed by atoms with Gasteiger partial charge in [-0.2, -0.15) is 0 Å². The molecule has 2 aromatic carbocycles. The third-order valence-corrected chi connectivity index (χ3v) is 3.97. The lowest BCUT2D eigenvalue weighted by Gasteiger charge is -2.12. The lowest BCUT2D eigenvalue weighted by molar-refractivity contribution is -0.115. The molecule has 6 nitrogen and oxygen atoms in total. The van der Waals surface area contributed by atoms with Gasteiger partial charge in [0, 0.05) is 24.2 Å². The topological polar surface area (TPSA) is 87.3 Å². The Morgan fingerprint density at radius 3 is 2.41 bits per heavy atom. The van der Waals surface area contributed by atoms with Crippen molar-refractivity contribution in [2.45, 2.75) is 33.1 Å². The van der Waals surface area contributed by atoms with Crippen molar-refractivity contribution in [3.8, 4) is 0 Å². The van der Waals surface area contributed by atoms with E-state index in [2.05, 4.69) is 22.9 Å². The number of carbonyl (C=O) groups is 3. The molecule has 0 bridgehead atoms. The van der Waals surface area contributed by atoms with Gasteiger partial charge < -0.3 is 16.0 Å². The second kappa shape index (κ2) is 10.1. The fourth-order valence-electron chi connectivity index (χ4n) is 2.45. The highest BCUT2D eigenvalue weighted by Gasteiger charge is 2.14. The van der Waals surface area contributed by atoms with Gasteiger partial charge in [-0.15, -0.1) is 0 Å². The standard InChI is InChI=1S/C21H25N3O3/c1-3-5-13-22-21(27)17-11-6-7-12-18(17)24-20(26)15-9-8-10-16(14-15)23-19(25)4-2/h6-12,14H,3-5,13H2,1-2H3,(H,22,27)(H,23,25)(H,24,26). The maximum atomic E-state index is 12.6. The molecule has 142 valence electrons. The largest absolute Gasteiger partial charge is 0.352 e. The molecule has 0 aliphatic heterocycles. The quantitative estimate of drug-likeness (QED) is 0.620. The lowest BCUT2D eigenvalue weighted by Crippen LogP contribution is -2.26. The molecule has 3 amide bonds. The Kier molecular flexibility index (Phi) is 7.55. The van der Waals surface area contributed by atoms with Crippen LogP contribution in [0, 0.1) is 0 Å². The predicted molar refractivity (Wildman–Crippen MR) is 107 cm³/mol. The van der Waals surface area contributed by atoms with Crippen molar-refractivity contribution in [2.75, 3.05) is 17.2 Å². The van der Waals surface area contributed by atoms with Crippen LogP contribution in [0.4, 0.5) is 11.4 Å². The number of para-hydroxylation sites is 1. The first-order valence-corrected chi connectivity index (χ1v) is 9.13. The normalized spacial score (nSPS) is 10.1. The van der Waals surface area contributed by atoms with Crippen LogP contribution in [0.3, 0.4) is 0 Å². The summed E-state index contributed by atoms with van der Waals surface area (Å²) < 4.78 is 0. The Hall–Kier alpha value is -3.15. The summed E-state index contributed by atoms with van der Waals surface area (Å²) in [6.07, 6.45) is 2.25. The van der Waals surface area contributed by atoms with Crippen molar-refractivity contribution in [1.29, 1.82) is 0 Å². The van der Waals surface area contributed by atoms with E-state index in [1.165, 1.54) is 0 Å². The SMILES string of the molecule is CCCCNC(=O)c1ccccc1NC(=O)c1cccc(NC(=O)CC)c1. The molecule has 0 heterocycles. The number of anilines is 2. The van der Waals surface area contributed by atoms with Gasteiger partial charge in [0.1, 0.15) is 0 Å². The molecule has 0 aliphatic carbocycles. The predicted octanol–water partition coefficient (Wildman–Crippen LogP) is 3.82. The first kappa shape index (κ1) is 20.2. The average molecular weight is 367 g/mol. The maximum absolute atomic E-state index is 12.6. The van der Waals surface area contributed by atoms with Crippen LogP contribution in [0.25, 0.3) is 0 Å². The highest BCUT2D eigenvalue weighted by molar-refractivity contribution is 6.09. The van der Waals surface area contributed by atoms with Crippen molar-refractivity contribution in [3.05, 3.63) is 59.7 Å². The molecule has 0 atom stereocenters. The zero-order valence-electron chi connectivity index (χ0n) is 15.7. The molecular formula is C21H25N3O3. The number of hydrogen-bond acceptors (Lipinski definition) is 3. The fourth-order valence-corrected chi connectivity index (χ4v) is 2.45. The molecule has 3 N–H and O–H groups in total. The van der Waals surface area contributed by atoms with Gasteiger partial charge >= 0.3 is 0 Å². The summed E-state index contributed by atoms with van der Waals surface area (Å²) in [5.41, 5.74) is 1.81. The smallest absolute Gasteiger partial charge is 0.255 e. The molecule has 0 saturated heterocycles. The van der Waals surface area contributed by atoms with Gasteiger partial charge in [0.2, 0.25) is 5.91 Å². The Bertz CT molecular complexity index is 818. The highest BCUT2D eigenvalue weighted by Crippen LogP contribution is 2.18. The van der Waals surface area contributed by atoms with Crippen LogP contribution in [-0.4, -0.2) is 24.3 Å². The van der Waals surface area contributed by atoms with Crippen molar-refractivity contribution < 1.29 is 14.4 Å². The van der Waals surface area contributed by atoms with Crippen LogP contribution < -0.4 is 16.0 Å². The van der Waals surface area contributed by atoms with E-state index in [-0.39, 0.29) is 17.7 Å². The third-order valence-electron chi connectivity index (χ3n) is 3.97. The van der Waals surface area contributed by atoms with Gasteiger partial charge in [0.25, 0.3) is 11.8 Å². The van der Waals surface area contributed by atoms with Gasteiger partial charge in [0.15, 0.2) is 0 Å². The highest BCUT2D eigenvalue weighted by atomic mass is 16.2. The van der Waals surface area contributed by atoms with E-state index in [9.17, 15) is 14.4 Å². The second-order valence-electron chi connectivity index (χ2n) is 6.09. The summed E-state index contributed by atoms with van der Waals surface area (Å²) in [4.78, 5) is 36.5. The minimum absolute atomic E-state index is 0.123. The Labute approximate surface area is 159 Å². The van der Waals surface area contributed by atoms with Gasteiger partial charge in [-0.25, -0.2) is 0 Å². The number of amides is 3. The average Bonchev–Trinajstić information content (AvgIpc) is 2.68. The zero-order valence-corrected chi connectivity index (χ0v) is 15.7. The molecule has 6 heteroatoms. The molecule has 0 saturated carbocycles. The van der Waals surface area contributed by atoms with E-state index in [4.69, 9.17) is 0 Å². The number of nitrogens with one attached hydrogen (secondary N) is 3. The number of unbranched alkanes of at least 4 members (excludes halogenated alkanes) is 1. The van der Waals surface area contributed by atoms with Gasteiger partial charge in [0.05, 0.1) is 11.3 Å². The first-order chi connectivity index (χ1) is 13.0. The van der Waals surface area contributed by atoms with E-state index in [0.717, 1.165) is 12.8 Å². The van der Waals surface area contributed by atoms with Gasteiger partial charge in [-0.3, -0.25) is 14.4 Å². The lowest BCUT2D eigenvalue weighted by atomic mass is 10.1. The maximum Gasteiger partial charge on any atom is 0.255 e. The van der Waals surface area contributed by atoms with Crippen molar-refractivity contribution in [1.82, 2.24) is 5.32 Å². The molecule has 0 aliphatic rings. The molecule has 27 heavy (non-hydrogen) atoms. The third kappa shape index (κ3) is 5.95. The molecular weight excluding hydrogens is 342 g/mol. The zero-order chi connectivity index (χ0) is 19.6. The number of carbonyl (C=O) groups excluding carboxylic acids is 3. The molecule has 0 spiro atoms. The molecule has 0 aromatic heterocycles. The molecule has 2 rings (SSSR count). The Morgan fingerprint density at radius 1 is 0.889 bits per heavy atom. The summed E-state index contributed by atoms with van der Waals surface area (Å²) in [6, 6.07) is 13.6. The van der Waals surface area contributed by atoms with Gasteiger partial charge in [-0.1, -0.05) is 38.5 Å². The molecule has 0 fully saturated rings. The van der Waals surface area contributed by atoms with Crippen molar-refractivity contribution >= 4 is 29.1 Å². The van der Waals surface area contributed by atoms with Crippen molar-refractivity contribution in [2.24, 2.45) is 0 Å². The minimum atomic E-state index is -0.351. The molecule has 0 radical (unpaired) electrons. The van der Waals surface area contributed by atoms with Gasteiger partial charge in [-0.05, 0) is 36.8 Å². The van der Waals surface area contributed by atoms with Crippen molar-refractivity contribution in [3.63, 3.8) is 0 Å². The number of rotatable bonds is 8. The van der Waals surface area contributed by atoms with E-state index in [1.54, 1.807) is 55.5 Å². The fraction of sp³-hybridized carbons (Fsp3) is 0.286. The van der Waals surface area contributed by atoms with Crippen LogP contribution >= 0.6 is 0 Å². The van der Waals surface area contributed by atoms with Crippen LogP contribution in [0.2, 0.25) is 0 Å². The van der Waals surface area contributed by atoms with Crippen LogP contribution in [0.15, 0.2) is 48.5 Å². The monoisotopic (exact) mass is 367 g/mol. The van der Waals surface area contributed by atoms with E-state index in [1.807, 2.05) is 0 Å². The minimum Gasteiger partial charge on any atom is -0.352 e.